The molecule has 0 spiro atoms. The Morgan fingerprint density at radius 2 is 1.76 bits per heavy atom. The van der Waals surface area contributed by atoms with Gasteiger partial charge in [0.15, 0.2) is 0 Å². The van der Waals surface area contributed by atoms with E-state index in [1.165, 1.54) is 16.0 Å². The number of benzene rings is 3. The zero-order chi connectivity index (χ0) is 25.9. The molecule has 1 fully saturated rings. The number of fused-ring (bicyclic) bond motifs is 1. The molecule has 0 bridgehead atoms. The van der Waals surface area contributed by atoms with Crippen molar-refractivity contribution in [2.24, 2.45) is 0 Å². The number of aliphatic hydroxyl groups is 1. The minimum atomic E-state index is -0.867. The summed E-state index contributed by atoms with van der Waals surface area (Å²) in [6.07, 6.45) is 5.04. The first-order valence-electron chi connectivity index (χ1n) is 12.8. The van der Waals surface area contributed by atoms with Gasteiger partial charge in [0.25, 0.3) is 11.7 Å². The van der Waals surface area contributed by atoms with E-state index < -0.39 is 17.7 Å². The fraction of sp³-hybridized carbons (Fsp3) is 0.290. The van der Waals surface area contributed by atoms with E-state index in [2.05, 4.69) is 0 Å². The lowest BCUT2D eigenvalue weighted by molar-refractivity contribution is -0.132. The third kappa shape index (κ3) is 4.59. The zero-order valence-corrected chi connectivity index (χ0v) is 21.2. The summed E-state index contributed by atoms with van der Waals surface area (Å²) in [5.41, 5.74) is 4.16. The van der Waals surface area contributed by atoms with Gasteiger partial charge in [-0.05, 0) is 67.5 Å². The Balaban J connectivity index is 1.68. The van der Waals surface area contributed by atoms with Crippen molar-refractivity contribution in [3.05, 3.63) is 94.6 Å². The van der Waals surface area contributed by atoms with E-state index in [9.17, 15) is 14.7 Å². The van der Waals surface area contributed by atoms with Crippen LogP contribution in [0, 0.1) is 0 Å². The van der Waals surface area contributed by atoms with Crippen LogP contribution in [-0.4, -0.2) is 30.5 Å². The highest BCUT2D eigenvalue weighted by atomic mass is 16.5. The van der Waals surface area contributed by atoms with E-state index in [-0.39, 0.29) is 11.3 Å². The van der Waals surface area contributed by atoms with Crippen LogP contribution < -0.4 is 14.4 Å². The SMILES string of the molecule is CCCOc1cccc(N2C(=O)C(=O)/C(=C(/O)c3ccc4c(c3)CCCC4)C2c2ccccc2OC)c1. The maximum absolute atomic E-state index is 13.6. The third-order valence-corrected chi connectivity index (χ3v) is 7.07. The standard InChI is InChI=1S/C31H31NO5/c1-3-17-37-24-12-8-11-23(19-24)32-28(25-13-6-7-14-26(25)36-2)27(30(34)31(32)35)29(33)22-16-15-20-9-4-5-10-21(20)18-22/h6-8,11-16,18-19,28,33H,3-5,9-10,17H2,1-2H3/b29-27+. The summed E-state index contributed by atoms with van der Waals surface area (Å²) >= 11 is 0. The van der Waals surface area contributed by atoms with Crippen molar-refractivity contribution in [2.45, 2.75) is 45.1 Å². The molecule has 1 unspecified atom stereocenters. The maximum atomic E-state index is 13.6. The van der Waals surface area contributed by atoms with E-state index >= 15 is 0 Å². The minimum Gasteiger partial charge on any atom is -0.507 e. The number of nitrogens with zero attached hydrogens (tertiary/aromatic N) is 1. The zero-order valence-electron chi connectivity index (χ0n) is 21.2. The molecular formula is C31H31NO5. The quantitative estimate of drug-likeness (QED) is 0.247. The molecule has 3 aromatic rings. The fourth-order valence-corrected chi connectivity index (χ4v) is 5.26. The van der Waals surface area contributed by atoms with Gasteiger partial charge in [-0.2, -0.15) is 0 Å². The summed E-state index contributed by atoms with van der Waals surface area (Å²) in [5.74, 6) is -0.485. The van der Waals surface area contributed by atoms with Gasteiger partial charge < -0.3 is 14.6 Å². The Kier molecular flexibility index (Phi) is 6.99. The lowest BCUT2D eigenvalue weighted by Crippen LogP contribution is -2.29. The van der Waals surface area contributed by atoms with Crippen LogP contribution in [0.4, 0.5) is 5.69 Å². The van der Waals surface area contributed by atoms with Crippen molar-refractivity contribution in [2.75, 3.05) is 18.6 Å². The lowest BCUT2D eigenvalue weighted by Gasteiger charge is -2.27. The molecule has 0 saturated carbocycles. The van der Waals surface area contributed by atoms with Crippen molar-refractivity contribution in [1.82, 2.24) is 0 Å². The number of para-hydroxylation sites is 1. The fourth-order valence-electron chi connectivity index (χ4n) is 5.26. The molecule has 6 heteroatoms. The molecule has 1 atom stereocenters. The summed E-state index contributed by atoms with van der Waals surface area (Å²) in [6, 6.07) is 19.3. The van der Waals surface area contributed by atoms with Crippen molar-refractivity contribution in [3.63, 3.8) is 0 Å². The number of hydrogen-bond acceptors (Lipinski definition) is 5. The lowest BCUT2D eigenvalue weighted by atomic mass is 9.88. The van der Waals surface area contributed by atoms with E-state index in [0.29, 0.717) is 34.9 Å². The average molecular weight is 498 g/mol. The van der Waals surface area contributed by atoms with Gasteiger partial charge in [0.1, 0.15) is 17.3 Å². The second-order valence-corrected chi connectivity index (χ2v) is 9.45. The largest absolute Gasteiger partial charge is 0.507 e. The molecule has 1 amide bonds. The van der Waals surface area contributed by atoms with Gasteiger partial charge in [0, 0.05) is 22.9 Å². The second kappa shape index (κ2) is 10.5. The Bertz CT molecular complexity index is 1380. The number of aliphatic hydroxyl groups excluding tert-OH is 1. The highest BCUT2D eigenvalue weighted by Gasteiger charge is 2.48. The molecule has 1 aliphatic carbocycles. The molecule has 3 aromatic carbocycles. The van der Waals surface area contributed by atoms with Gasteiger partial charge in [-0.15, -0.1) is 0 Å². The van der Waals surface area contributed by atoms with Crippen LogP contribution in [-0.2, 0) is 22.4 Å². The number of Topliss-reactive ketones (excluding diaryl/α,β-unsaturated/α-hetero) is 1. The maximum Gasteiger partial charge on any atom is 0.300 e. The van der Waals surface area contributed by atoms with Crippen molar-refractivity contribution in [3.8, 4) is 11.5 Å². The molecular weight excluding hydrogens is 466 g/mol. The van der Waals surface area contributed by atoms with Gasteiger partial charge >= 0.3 is 0 Å². The predicted octanol–water partition coefficient (Wildman–Crippen LogP) is 5.99. The number of hydrogen-bond donors (Lipinski definition) is 1. The smallest absolute Gasteiger partial charge is 0.300 e. The van der Waals surface area contributed by atoms with Gasteiger partial charge in [-0.25, -0.2) is 0 Å². The number of carbonyl (C=O) groups is 2. The Hall–Kier alpha value is -4.06. The van der Waals surface area contributed by atoms with Crippen molar-refractivity contribution < 1.29 is 24.2 Å². The molecule has 1 aliphatic heterocycles. The molecule has 2 aliphatic rings. The number of anilines is 1. The number of aryl methyl sites for hydroxylation is 2. The van der Waals surface area contributed by atoms with Crippen molar-refractivity contribution >= 4 is 23.1 Å². The summed E-state index contributed by atoms with van der Waals surface area (Å²) in [6.45, 7) is 2.56. The monoisotopic (exact) mass is 497 g/mol. The molecule has 0 radical (unpaired) electrons. The summed E-state index contributed by atoms with van der Waals surface area (Å²) < 4.78 is 11.4. The Morgan fingerprint density at radius 3 is 2.54 bits per heavy atom. The first-order chi connectivity index (χ1) is 18.0. The van der Waals surface area contributed by atoms with Gasteiger partial charge in [0.05, 0.1) is 25.3 Å². The van der Waals surface area contributed by atoms with Crippen molar-refractivity contribution in [1.29, 1.82) is 0 Å². The van der Waals surface area contributed by atoms with Crippen LogP contribution >= 0.6 is 0 Å². The van der Waals surface area contributed by atoms with E-state index in [1.807, 2.05) is 49.4 Å². The molecule has 1 saturated heterocycles. The number of ketones is 1. The first kappa shape index (κ1) is 24.6. The number of carbonyl (C=O) groups excluding carboxylic acids is 2. The van der Waals surface area contributed by atoms with Gasteiger partial charge in [0.2, 0.25) is 0 Å². The molecule has 6 nitrogen and oxygen atoms in total. The molecule has 1 N–H and O–H groups in total. The molecule has 37 heavy (non-hydrogen) atoms. The average Bonchev–Trinajstić information content (AvgIpc) is 3.21. The van der Waals surface area contributed by atoms with Crippen LogP contribution in [0.25, 0.3) is 5.76 Å². The summed E-state index contributed by atoms with van der Waals surface area (Å²) in [7, 11) is 1.55. The third-order valence-electron chi connectivity index (χ3n) is 7.07. The number of methoxy groups -OCH3 is 1. The normalized spacial score (nSPS) is 18.5. The minimum absolute atomic E-state index is 0.0464. The van der Waals surface area contributed by atoms with Gasteiger partial charge in [-0.1, -0.05) is 43.3 Å². The molecule has 1 heterocycles. The number of ether oxygens (including phenoxy) is 2. The Labute approximate surface area is 217 Å². The number of amides is 1. The topological polar surface area (TPSA) is 76.1 Å². The van der Waals surface area contributed by atoms with Crippen LogP contribution in [0.15, 0.2) is 72.3 Å². The molecule has 5 rings (SSSR count). The van der Waals surface area contributed by atoms with E-state index in [1.54, 1.807) is 31.4 Å². The second-order valence-electron chi connectivity index (χ2n) is 9.45. The van der Waals surface area contributed by atoms with Crippen LogP contribution in [0.2, 0.25) is 0 Å². The first-order valence-corrected chi connectivity index (χ1v) is 12.8. The molecule has 0 aromatic heterocycles. The van der Waals surface area contributed by atoms with Crippen LogP contribution in [0.5, 0.6) is 11.5 Å². The molecule has 190 valence electrons. The summed E-state index contributed by atoms with van der Waals surface area (Å²) in [4.78, 5) is 28.5. The van der Waals surface area contributed by atoms with E-state index in [0.717, 1.165) is 32.1 Å². The van der Waals surface area contributed by atoms with Gasteiger partial charge in [-0.3, -0.25) is 14.5 Å². The van der Waals surface area contributed by atoms with Crippen LogP contribution in [0.3, 0.4) is 0 Å². The number of rotatable bonds is 7. The van der Waals surface area contributed by atoms with E-state index in [4.69, 9.17) is 9.47 Å². The predicted molar refractivity (Wildman–Crippen MR) is 143 cm³/mol. The Morgan fingerprint density at radius 1 is 0.973 bits per heavy atom. The highest BCUT2D eigenvalue weighted by molar-refractivity contribution is 6.51. The summed E-state index contributed by atoms with van der Waals surface area (Å²) in [5, 5.41) is 11.6. The highest BCUT2D eigenvalue weighted by Crippen LogP contribution is 2.45. The van der Waals surface area contributed by atoms with Crippen LogP contribution in [0.1, 0.15) is 54.5 Å².